The van der Waals surface area contributed by atoms with Crippen molar-refractivity contribution in [1.29, 1.82) is 0 Å². The Morgan fingerprint density at radius 2 is 1.90 bits per heavy atom. The zero-order valence-corrected chi connectivity index (χ0v) is 16.7. The summed E-state index contributed by atoms with van der Waals surface area (Å²) in [6, 6.07) is 13.3. The zero-order valence-electron chi connectivity index (χ0n) is 16.0. The predicted octanol–water partition coefficient (Wildman–Crippen LogP) is 4.17. The fourth-order valence-corrected chi connectivity index (χ4v) is 3.69. The molecule has 0 amide bonds. The molecule has 0 bridgehead atoms. The van der Waals surface area contributed by atoms with E-state index in [0.29, 0.717) is 18.0 Å². The first-order valence-electron chi connectivity index (χ1n) is 9.55. The third kappa shape index (κ3) is 4.28. The first kappa shape index (κ1) is 19.5. The zero-order chi connectivity index (χ0) is 20.4. The maximum absolute atomic E-state index is 10.9. The van der Waals surface area contributed by atoms with Crippen molar-refractivity contribution in [2.75, 3.05) is 32.7 Å². The molecular weight excluding hydrogens is 390 g/mol. The van der Waals surface area contributed by atoms with Crippen LogP contribution in [0.4, 0.5) is 5.69 Å². The van der Waals surface area contributed by atoms with Crippen LogP contribution in [0.15, 0.2) is 59.6 Å². The second kappa shape index (κ2) is 8.27. The number of rotatable bonds is 4. The SMILES string of the molecule is C=C(CCN1CCN(C2=Nc3ccccc3Oc3ccc(Cl)cc32)CC1)C(=O)O. The van der Waals surface area contributed by atoms with Crippen molar-refractivity contribution in [2.45, 2.75) is 6.42 Å². The Balaban J connectivity index is 1.55. The van der Waals surface area contributed by atoms with Crippen molar-refractivity contribution in [3.8, 4) is 11.5 Å². The number of carboxylic acids is 1. The summed E-state index contributed by atoms with van der Waals surface area (Å²) in [5, 5.41) is 9.62. The van der Waals surface area contributed by atoms with Crippen molar-refractivity contribution < 1.29 is 14.6 Å². The minimum Gasteiger partial charge on any atom is -0.478 e. The number of hydrogen-bond acceptors (Lipinski definition) is 5. The van der Waals surface area contributed by atoms with Crippen LogP contribution >= 0.6 is 11.6 Å². The highest BCUT2D eigenvalue weighted by molar-refractivity contribution is 6.31. The van der Waals surface area contributed by atoms with Gasteiger partial charge in [-0.3, -0.25) is 4.90 Å². The number of para-hydroxylation sites is 2. The molecule has 0 unspecified atom stereocenters. The fourth-order valence-electron chi connectivity index (χ4n) is 3.52. The molecule has 2 aliphatic rings. The highest BCUT2D eigenvalue weighted by Gasteiger charge is 2.26. The molecule has 6 nitrogen and oxygen atoms in total. The summed E-state index contributed by atoms with van der Waals surface area (Å²) in [5.74, 6) is 1.38. The smallest absolute Gasteiger partial charge is 0.331 e. The summed E-state index contributed by atoms with van der Waals surface area (Å²) in [6.45, 7) is 7.52. The van der Waals surface area contributed by atoms with Crippen molar-refractivity contribution in [3.63, 3.8) is 0 Å². The van der Waals surface area contributed by atoms with E-state index >= 15 is 0 Å². The van der Waals surface area contributed by atoms with E-state index in [1.54, 1.807) is 0 Å². The van der Waals surface area contributed by atoms with Crippen LogP contribution in [0, 0.1) is 0 Å². The molecule has 0 saturated carbocycles. The Kier molecular flexibility index (Phi) is 5.56. The lowest BCUT2D eigenvalue weighted by atomic mass is 10.1. The normalized spacial score (nSPS) is 16.2. The molecule has 0 aromatic heterocycles. The standard InChI is InChI=1S/C22H22ClN3O3/c1-15(22(27)28)8-9-25-10-12-26(13-11-25)21-17-14-16(23)6-7-19(17)29-20-5-3-2-4-18(20)24-21/h2-7,14H,1,8-13H2,(H,27,28). The molecule has 1 N–H and O–H groups in total. The van der Waals surface area contributed by atoms with E-state index < -0.39 is 5.97 Å². The number of benzene rings is 2. The highest BCUT2D eigenvalue weighted by Crippen LogP contribution is 2.38. The van der Waals surface area contributed by atoms with Gasteiger partial charge in [0, 0.05) is 43.3 Å². The molecule has 2 aromatic carbocycles. The monoisotopic (exact) mass is 411 g/mol. The van der Waals surface area contributed by atoms with Crippen molar-refractivity contribution >= 4 is 29.1 Å². The average molecular weight is 412 g/mol. The molecule has 1 saturated heterocycles. The number of fused-ring (bicyclic) bond motifs is 2. The van der Waals surface area contributed by atoms with Gasteiger partial charge in [-0.05, 0) is 36.8 Å². The summed E-state index contributed by atoms with van der Waals surface area (Å²) in [6.07, 6.45) is 0.468. The summed E-state index contributed by atoms with van der Waals surface area (Å²) >= 11 is 6.27. The molecule has 2 heterocycles. The third-order valence-corrected chi connectivity index (χ3v) is 5.43. The summed E-state index contributed by atoms with van der Waals surface area (Å²) in [4.78, 5) is 20.4. The van der Waals surface area contributed by atoms with Crippen LogP contribution in [0.3, 0.4) is 0 Å². The summed E-state index contributed by atoms with van der Waals surface area (Å²) < 4.78 is 6.11. The van der Waals surface area contributed by atoms with Crippen LogP contribution < -0.4 is 4.74 Å². The minimum absolute atomic E-state index is 0.248. The second-order valence-electron chi connectivity index (χ2n) is 7.13. The van der Waals surface area contributed by atoms with Gasteiger partial charge >= 0.3 is 5.97 Å². The van der Waals surface area contributed by atoms with Gasteiger partial charge in [-0.2, -0.15) is 0 Å². The maximum atomic E-state index is 10.9. The van der Waals surface area contributed by atoms with E-state index in [9.17, 15) is 4.79 Å². The van der Waals surface area contributed by atoms with Gasteiger partial charge in [-0.1, -0.05) is 30.3 Å². The van der Waals surface area contributed by atoms with E-state index in [1.807, 2.05) is 42.5 Å². The molecule has 2 aliphatic heterocycles. The number of hydrogen-bond donors (Lipinski definition) is 1. The average Bonchev–Trinajstić information content (AvgIpc) is 2.89. The van der Waals surface area contributed by atoms with Crippen molar-refractivity contribution in [3.05, 3.63) is 65.2 Å². The van der Waals surface area contributed by atoms with E-state index in [1.165, 1.54) is 0 Å². The van der Waals surface area contributed by atoms with Crippen LogP contribution in [0.5, 0.6) is 11.5 Å². The highest BCUT2D eigenvalue weighted by atomic mass is 35.5. The first-order valence-corrected chi connectivity index (χ1v) is 9.93. The van der Waals surface area contributed by atoms with Crippen LogP contribution in [-0.4, -0.2) is 59.4 Å². The third-order valence-electron chi connectivity index (χ3n) is 5.20. The number of carboxylic acid groups (broad SMARTS) is 1. The molecule has 0 atom stereocenters. The number of aliphatic carboxylic acids is 1. The molecule has 29 heavy (non-hydrogen) atoms. The van der Waals surface area contributed by atoms with Gasteiger partial charge in [0.05, 0.1) is 5.56 Å². The Morgan fingerprint density at radius 3 is 2.66 bits per heavy atom. The van der Waals surface area contributed by atoms with Gasteiger partial charge in [0.1, 0.15) is 17.3 Å². The lowest BCUT2D eigenvalue weighted by Crippen LogP contribution is -2.49. The van der Waals surface area contributed by atoms with Crippen LogP contribution in [0.1, 0.15) is 12.0 Å². The van der Waals surface area contributed by atoms with E-state index in [-0.39, 0.29) is 5.57 Å². The van der Waals surface area contributed by atoms with Crippen LogP contribution in [0.2, 0.25) is 5.02 Å². The van der Waals surface area contributed by atoms with Crippen molar-refractivity contribution in [2.24, 2.45) is 4.99 Å². The van der Waals surface area contributed by atoms with Crippen LogP contribution in [-0.2, 0) is 4.79 Å². The number of aliphatic imine (C=N–C) groups is 1. The lowest BCUT2D eigenvalue weighted by molar-refractivity contribution is -0.132. The molecule has 4 rings (SSSR count). The van der Waals surface area contributed by atoms with Gasteiger partial charge in [-0.25, -0.2) is 9.79 Å². The molecule has 0 spiro atoms. The Bertz CT molecular complexity index is 981. The van der Waals surface area contributed by atoms with E-state index in [0.717, 1.165) is 54.8 Å². The van der Waals surface area contributed by atoms with Crippen LogP contribution in [0.25, 0.3) is 0 Å². The van der Waals surface area contributed by atoms with E-state index in [2.05, 4.69) is 16.4 Å². The molecule has 0 aliphatic carbocycles. The predicted molar refractivity (Wildman–Crippen MR) is 114 cm³/mol. The molecule has 150 valence electrons. The largest absolute Gasteiger partial charge is 0.478 e. The number of carbonyl (C=O) groups is 1. The topological polar surface area (TPSA) is 65.4 Å². The second-order valence-corrected chi connectivity index (χ2v) is 7.57. The molecule has 1 fully saturated rings. The van der Waals surface area contributed by atoms with Gasteiger partial charge in [0.25, 0.3) is 0 Å². The van der Waals surface area contributed by atoms with Crippen molar-refractivity contribution in [1.82, 2.24) is 9.80 Å². The molecular formula is C22H22ClN3O3. The lowest BCUT2D eigenvalue weighted by Gasteiger charge is -2.36. The fraction of sp³-hybridized carbons (Fsp3) is 0.273. The van der Waals surface area contributed by atoms with Gasteiger partial charge in [0.2, 0.25) is 0 Å². The molecule has 2 aromatic rings. The Labute approximate surface area is 174 Å². The number of ether oxygens (including phenoxy) is 1. The number of amidine groups is 1. The summed E-state index contributed by atoms with van der Waals surface area (Å²) in [7, 11) is 0. The molecule has 0 radical (unpaired) electrons. The minimum atomic E-state index is -0.927. The Morgan fingerprint density at radius 1 is 1.14 bits per heavy atom. The maximum Gasteiger partial charge on any atom is 0.331 e. The van der Waals surface area contributed by atoms with E-state index in [4.69, 9.17) is 26.4 Å². The van der Waals surface area contributed by atoms with Gasteiger partial charge in [0.15, 0.2) is 5.75 Å². The quantitative estimate of drug-likeness (QED) is 0.765. The Hall–Kier alpha value is -2.83. The first-order chi connectivity index (χ1) is 14.0. The van der Waals surface area contributed by atoms with Gasteiger partial charge in [-0.15, -0.1) is 0 Å². The number of piperazine rings is 1. The summed E-state index contributed by atoms with van der Waals surface area (Å²) in [5.41, 5.74) is 1.91. The molecule has 7 heteroatoms. The number of nitrogens with zero attached hydrogens (tertiary/aromatic N) is 3. The van der Waals surface area contributed by atoms with Gasteiger partial charge < -0.3 is 14.7 Å². The number of halogens is 1.